The standard InChI is InChI=1S/C32H22Cl2F3N3O4/c1-2-43-27-14-18(10-13-26(27)44-31(42)19-6-5-7-20(15-19)32(35,36)37)17-38-40-30(41)29-28(22-8-3-4-9-24(22)34)23-16-21(33)11-12-25(23)39-29/h3-17,39H,2H2,1H3,(H,40,41). The van der Waals surface area contributed by atoms with Crippen LogP contribution in [0.1, 0.15) is 38.9 Å². The first kappa shape index (κ1) is 30.7. The number of benzene rings is 4. The van der Waals surface area contributed by atoms with Crippen molar-refractivity contribution in [1.29, 1.82) is 0 Å². The third-order valence-corrected chi connectivity index (χ3v) is 6.97. The molecule has 1 amide bonds. The van der Waals surface area contributed by atoms with E-state index in [9.17, 15) is 22.8 Å². The Morgan fingerprint density at radius 3 is 2.50 bits per heavy atom. The molecular weight excluding hydrogens is 618 g/mol. The van der Waals surface area contributed by atoms with Gasteiger partial charge in [-0.25, -0.2) is 10.2 Å². The van der Waals surface area contributed by atoms with Gasteiger partial charge in [0.25, 0.3) is 5.91 Å². The van der Waals surface area contributed by atoms with Crippen molar-refractivity contribution in [2.24, 2.45) is 5.10 Å². The number of nitrogens with one attached hydrogen (secondary N) is 2. The van der Waals surface area contributed by atoms with Gasteiger partial charge in [0.2, 0.25) is 0 Å². The molecule has 0 saturated carbocycles. The highest BCUT2D eigenvalue weighted by molar-refractivity contribution is 6.34. The van der Waals surface area contributed by atoms with Gasteiger partial charge in [-0.2, -0.15) is 18.3 Å². The van der Waals surface area contributed by atoms with Gasteiger partial charge in [0.15, 0.2) is 11.5 Å². The number of esters is 1. The first-order valence-electron chi connectivity index (χ1n) is 13.1. The van der Waals surface area contributed by atoms with Crippen LogP contribution in [0, 0.1) is 0 Å². The highest BCUT2D eigenvalue weighted by Crippen LogP contribution is 2.38. The van der Waals surface area contributed by atoms with Gasteiger partial charge in [0.1, 0.15) is 5.69 Å². The smallest absolute Gasteiger partial charge is 0.416 e. The molecule has 4 aromatic carbocycles. The van der Waals surface area contributed by atoms with Crippen LogP contribution >= 0.6 is 23.2 Å². The van der Waals surface area contributed by atoms with Gasteiger partial charge in [-0.15, -0.1) is 0 Å². The Balaban J connectivity index is 1.36. The Morgan fingerprint density at radius 2 is 1.75 bits per heavy atom. The molecule has 2 N–H and O–H groups in total. The number of alkyl halides is 3. The van der Waals surface area contributed by atoms with Crippen LogP contribution < -0.4 is 14.9 Å². The number of hydrogen-bond acceptors (Lipinski definition) is 5. The summed E-state index contributed by atoms with van der Waals surface area (Å²) in [5.74, 6) is -1.38. The molecule has 0 aliphatic heterocycles. The molecule has 0 bridgehead atoms. The van der Waals surface area contributed by atoms with E-state index in [1.54, 1.807) is 49.4 Å². The number of halogens is 5. The maximum atomic E-state index is 13.3. The number of ether oxygens (including phenoxy) is 2. The number of amides is 1. The van der Waals surface area contributed by atoms with E-state index >= 15 is 0 Å². The average Bonchev–Trinajstić information content (AvgIpc) is 3.37. The fourth-order valence-corrected chi connectivity index (χ4v) is 4.84. The van der Waals surface area contributed by atoms with Crippen LogP contribution in [0.25, 0.3) is 22.0 Å². The summed E-state index contributed by atoms with van der Waals surface area (Å²) in [5, 5.41) is 5.70. The van der Waals surface area contributed by atoms with Crippen LogP contribution in [-0.4, -0.2) is 29.7 Å². The molecule has 0 aliphatic carbocycles. The van der Waals surface area contributed by atoms with Crippen molar-refractivity contribution in [2.75, 3.05) is 6.61 Å². The summed E-state index contributed by atoms with van der Waals surface area (Å²) in [7, 11) is 0. The highest BCUT2D eigenvalue weighted by atomic mass is 35.5. The van der Waals surface area contributed by atoms with E-state index in [1.807, 2.05) is 0 Å². The summed E-state index contributed by atoms with van der Waals surface area (Å²) in [6, 6.07) is 20.7. The molecule has 1 heterocycles. The SMILES string of the molecule is CCOc1cc(C=NNC(=O)c2[nH]c3ccc(Cl)cc3c2-c2ccccc2Cl)ccc1OC(=O)c1cccc(C(F)(F)F)c1. The minimum absolute atomic E-state index is 0.00318. The number of carbonyl (C=O) groups excluding carboxylic acids is 2. The zero-order valence-electron chi connectivity index (χ0n) is 22.8. The predicted octanol–water partition coefficient (Wildman–Crippen LogP) is 8.54. The van der Waals surface area contributed by atoms with Crippen molar-refractivity contribution >= 4 is 52.2 Å². The molecular formula is C32H22Cl2F3N3O4. The summed E-state index contributed by atoms with van der Waals surface area (Å²) < 4.78 is 50.1. The summed E-state index contributed by atoms with van der Waals surface area (Å²) in [6.45, 7) is 1.92. The lowest BCUT2D eigenvalue weighted by Crippen LogP contribution is -2.19. The zero-order valence-corrected chi connectivity index (χ0v) is 24.3. The molecule has 0 atom stereocenters. The number of rotatable bonds is 8. The fourth-order valence-electron chi connectivity index (χ4n) is 4.44. The molecule has 0 aliphatic rings. The maximum Gasteiger partial charge on any atom is 0.416 e. The van der Waals surface area contributed by atoms with Crippen molar-refractivity contribution in [2.45, 2.75) is 13.1 Å². The molecule has 0 unspecified atom stereocenters. The van der Waals surface area contributed by atoms with Crippen molar-refractivity contribution in [3.8, 4) is 22.6 Å². The molecule has 0 radical (unpaired) electrons. The van der Waals surface area contributed by atoms with Gasteiger partial charge in [-0.05, 0) is 73.2 Å². The normalized spacial score (nSPS) is 11.6. The second kappa shape index (κ2) is 12.8. The first-order chi connectivity index (χ1) is 21.0. The monoisotopic (exact) mass is 639 g/mol. The Hall–Kier alpha value is -4.80. The van der Waals surface area contributed by atoms with E-state index < -0.39 is 23.6 Å². The predicted molar refractivity (Wildman–Crippen MR) is 163 cm³/mol. The van der Waals surface area contributed by atoms with E-state index in [2.05, 4.69) is 15.5 Å². The minimum Gasteiger partial charge on any atom is -0.490 e. The summed E-state index contributed by atoms with van der Waals surface area (Å²) in [4.78, 5) is 29.0. The van der Waals surface area contributed by atoms with Gasteiger partial charge >= 0.3 is 12.1 Å². The molecule has 1 aromatic heterocycles. The van der Waals surface area contributed by atoms with Gasteiger partial charge in [0, 0.05) is 32.1 Å². The lowest BCUT2D eigenvalue weighted by atomic mass is 10.0. The molecule has 5 rings (SSSR count). The Kier molecular flexibility index (Phi) is 8.93. The minimum atomic E-state index is -4.61. The van der Waals surface area contributed by atoms with Crippen molar-refractivity contribution in [3.05, 3.63) is 117 Å². The quantitative estimate of drug-likeness (QED) is 0.0770. The molecule has 44 heavy (non-hydrogen) atoms. The van der Waals surface area contributed by atoms with Crippen LogP contribution in [0.2, 0.25) is 10.0 Å². The van der Waals surface area contributed by atoms with E-state index in [1.165, 1.54) is 30.5 Å². The average molecular weight is 640 g/mol. The molecule has 224 valence electrons. The second-order valence-electron chi connectivity index (χ2n) is 9.35. The van der Waals surface area contributed by atoms with Crippen LogP contribution in [0.4, 0.5) is 13.2 Å². The first-order valence-corrected chi connectivity index (χ1v) is 13.9. The molecule has 0 spiro atoms. The Labute approximate surface area is 259 Å². The number of nitrogens with zero attached hydrogens (tertiary/aromatic N) is 1. The number of hydrogen-bond donors (Lipinski definition) is 2. The molecule has 0 fully saturated rings. The van der Waals surface area contributed by atoms with Crippen LogP contribution in [-0.2, 0) is 6.18 Å². The van der Waals surface area contributed by atoms with E-state index in [-0.39, 0.29) is 29.4 Å². The number of H-pyrrole nitrogens is 1. The van der Waals surface area contributed by atoms with Crippen LogP contribution in [0.5, 0.6) is 11.5 Å². The van der Waals surface area contributed by atoms with Crippen molar-refractivity contribution in [3.63, 3.8) is 0 Å². The third-order valence-electron chi connectivity index (χ3n) is 6.41. The lowest BCUT2D eigenvalue weighted by molar-refractivity contribution is -0.137. The van der Waals surface area contributed by atoms with Crippen LogP contribution in [0.3, 0.4) is 0 Å². The van der Waals surface area contributed by atoms with E-state index in [4.69, 9.17) is 32.7 Å². The maximum absolute atomic E-state index is 13.3. The van der Waals surface area contributed by atoms with Crippen LogP contribution in [0.15, 0.2) is 90.0 Å². The Morgan fingerprint density at radius 1 is 0.955 bits per heavy atom. The lowest BCUT2D eigenvalue weighted by Gasteiger charge is -2.12. The number of carbonyl (C=O) groups is 2. The number of fused-ring (bicyclic) bond motifs is 1. The largest absolute Gasteiger partial charge is 0.490 e. The van der Waals surface area contributed by atoms with Gasteiger partial charge in [0.05, 0.1) is 23.9 Å². The summed E-state index contributed by atoms with van der Waals surface area (Å²) >= 11 is 12.7. The Bertz CT molecular complexity index is 1900. The zero-order chi connectivity index (χ0) is 31.4. The molecule has 7 nitrogen and oxygen atoms in total. The van der Waals surface area contributed by atoms with Crippen molar-refractivity contribution in [1.82, 2.24) is 10.4 Å². The number of aromatic nitrogens is 1. The summed E-state index contributed by atoms with van der Waals surface area (Å²) in [6.07, 6.45) is -3.26. The number of hydrazone groups is 1. The topological polar surface area (TPSA) is 92.8 Å². The molecule has 0 saturated heterocycles. The summed E-state index contributed by atoms with van der Waals surface area (Å²) in [5.41, 5.74) is 3.82. The van der Waals surface area contributed by atoms with E-state index in [0.717, 1.165) is 12.1 Å². The molecule has 5 aromatic rings. The van der Waals surface area contributed by atoms with Gasteiger partial charge < -0.3 is 14.5 Å². The van der Waals surface area contributed by atoms with E-state index in [0.29, 0.717) is 43.7 Å². The fraction of sp³-hybridized carbons (Fsp3) is 0.0938. The molecule has 12 heteroatoms. The highest BCUT2D eigenvalue weighted by Gasteiger charge is 2.31. The third kappa shape index (κ3) is 6.72. The van der Waals surface area contributed by atoms with Gasteiger partial charge in [-0.3, -0.25) is 4.79 Å². The number of aromatic amines is 1. The second-order valence-corrected chi connectivity index (χ2v) is 10.2. The van der Waals surface area contributed by atoms with Crippen molar-refractivity contribution < 1.29 is 32.2 Å². The van der Waals surface area contributed by atoms with Gasteiger partial charge in [-0.1, -0.05) is 47.5 Å².